The van der Waals surface area contributed by atoms with Crippen molar-refractivity contribution in [2.45, 2.75) is 45.3 Å². The van der Waals surface area contributed by atoms with Gasteiger partial charge in [-0.1, -0.05) is 0 Å². The molecule has 26 heavy (non-hydrogen) atoms. The maximum Gasteiger partial charge on any atom is 0.407 e. The second kappa shape index (κ2) is 12.5. The lowest BCUT2D eigenvalue weighted by atomic mass is 10.2. The van der Waals surface area contributed by atoms with E-state index in [1.54, 1.807) is 0 Å². The number of rotatable bonds is 11. The van der Waals surface area contributed by atoms with Gasteiger partial charge in [-0.3, -0.25) is 4.90 Å². The Labute approximate surface area is 157 Å². The van der Waals surface area contributed by atoms with Crippen molar-refractivity contribution >= 4 is 6.09 Å². The molecule has 1 saturated heterocycles. The Morgan fingerprint density at radius 2 is 1.81 bits per heavy atom. The number of carbonyl (C=O) groups is 1. The Bertz CT molecular complexity index is 380. The fourth-order valence-corrected chi connectivity index (χ4v) is 2.98. The van der Waals surface area contributed by atoms with Gasteiger partial charge in [-0.25, -0.2) is 4.79 Å². The van der Waals surface area contributed by atoms with E-state index in [4.69, 9.17) is 4.74 Å². The van der Waals surface area contributed by atoms with Gasteiger partial charge in [-0.2, -0.15) is 0 Å². The molecular formula is C18H38N4O4. The molecule has 0 aromatic rings. The van der Waals surface area contributed by atoms with E-state index in [1.807, 2.05) is 20.8 Å². The van der Waals surface area contributed by atoms with Gasteiger partial charge in [0, 0.05) is 39.3 Å². The molecule has 1 rings (SSSR count). The van der Waals surface area contributed by atoms with Gasteiger partial charge >= 0.3 is 6.09 Å². The van der Waals surface area contributed by atoms with Crippen LogP contribution < -0.4 is 10.6 Å². The maximum atomic E-state index is 11.7. The predicted octanol–water partition coefficient (Wildman–Crippen LogP) is -0.148. The molecule has 0 unspecified atom stereocenters. The number of ether oxygens (including phenoxy) is 1. The predicted molar refractivity (Wildman–Crippen MR) is 102 cm³/mol. The molecule has 0 bridgehead atoms. The van der Waals surface area contributed by atoms with E-state index in [9.17, 15) is 15.0 Å². The Morgan fingerprint density at radius 3 is 2.38 bits per heavy atom. The SMILES string of the molecule is CC(C)(C)OC(=O)NCCCN(CCCN1CCNCC1)C(CO)CO. The average molecular weight is 375 g/mol. The summed E-state index contributed by atoms with van der Waals surface area (Å²) in [5.74, 6) is 0. The number of amides is 1. The summed E-state index contributed by atoms with van der Waals surface area (Å²) in [5, 5.41) is 25.1. The molecule has 154 valence electrons. The number of hydrogen-bond donors (Lipinski definition) is 4. The molecule has 0 aliphatic carbocycles. The third-order valence-corrected chi connectivity index (χ3v) is 4.36. The monoisotopic (exact) mass is 374 g/mol. The second-order valence-electron chi connectivity index (χ2n) is 7.78. The smallest absolute Gasteiger partial charge is 0.407 e. The molecule has 1 amide bonds. The van der Waals surface area contributed by atoms with E-state index < -0.39 is 11.7 Å². The van der Waals surface area contributed by atoms with Crippen LogP contribution in [0.15, 0.2) is 0 Å². The molecule has 0 radical (unpaired) electrons. The molecule has 1 fully saturated rings. The van der Waals surface area contributed by atoms with Crippen LogP contribution in [0.1, 0.15) is 33.6 Å². The Kier molecular flexibility index (Phi) is 11.1. The van der Waals surface area contributed by atoms with Crippen LogP contribution in [0.4, 0.5) is 4.79 Å². The summed E-state index contributed by atoms with van der Waals surface area (Å²) in [5.41, 5.74) is -0.501. The number of aliphatic hydroxyl groups is 2. The van der Waals surface area contributed by atoms with E-state index in [1.165, 1.54) is 0 Å². The summed E-state index contributed by atoms with van der Waals surface area (Å²) in [6.07, 6.45) is 1.32. The minimum absolute atomic E-state index is 0.0658. The van der Waals surface area contributed by atoms with Crippen molar-refractivity contribution < 1.29 is 19.7 Å². The standard InChI is InChI=1S/C18H38N4O4/c1-18(2,3)26-17(25)20-6-4-10-22(16(14-23)15-24)11-5-9-21-12-7-19-8-13-21/h16,19,23-24H,4-15H2,1-3H3,(H,20,25). The summed E-state index contributed by atoms with van der Waals surface area (Å²) in [6, 6.07) is -0.250. The normalized spacial score (nSPS) is 16.3. The molecular weight excluding hydrogens is 336 g/mol. The average Bonchev–Trinajstić information content (AvgIpc) is 2.58. The molecule has 1 aliphatic rings. The first-order valence-electron chi connectivity index (χ1n) is 9.71. The van der Waals surface area contributed by atoms with Crippen molar-refractivity contribution in [1.29, 1.82) is 0 Å². The molecule has 0 atom stereocenters. The summed E-state index contributed by atoms with van der Waals surface area (Å²) in [6.45, 7) is 12.7. The zero-order chi connectivity index (χ0) is 19.4. The van der Waals surface area contributed by atoms with Crippen molar-refractivity contribution in [2.24, 2.45) is 0 Å². The first-order valence-corrected chi connectivity index (χ1v) is 9.71. The highest BCUT2D eigenvalue weighted by molar-refractivity contribution is 5.67. The van der Waals surface area contributed by atoms with Crippen molar-refractivity contribution in [2.75, 3.05) is 65.6 Å². The van der Waals surface area contributed by atoms with Gasteiger partial charge in [0.1, 0.15) is 5.60 Å². The van der Waals surface area contributed by atoms with E-state index in [0.717, 1.165) is 52.1 Å². The first-order chi connectivity index (χ1) is 12.4. The zero-order valence-electron chi connectivity index (χ0n) is 16.7. The molecule has 0 spiro atoms. The lowest BCUT2D eigenvalue weighted by Gasteiger charge is -2.31. The number of carbonyl (C=O) groups excluding carboxylic acids is 1. The molecule has 4 N–H and O–H groups in total. The molecule has 1 aliphatic heterocycles. The number of nitrogens with one attached hydrogen (secondary N) is 2. The summed E-state index contributed by atoms with van der Waals surface area (Å²) >= 11 is 0. The first kappa shape index (κ1) is 23.1. The quantitative estimate of drug-likeness (QED) is 0.374. The van der Waals surface area contributed by atoms with Gasteiger partial charge in [0.05, 0.1) is 19.3 Å². The van der Waals surface area contributed by atoms with Crippen LogP contribution in [0.3, 0.4) is 0 Å². The highest BCUT2D eigenvalue weighted by atomic mass is 16.6. The van der Waals surface area contributed by atoms with Crippen LogP contribution in [-0.4, -0.2) is 103 Å². The van der Waals surface area contributed by atoms with Crippen LogP contribution in [-0.2, 0) is 4.74 Å². The van der Waals surface area contributed by atoms with Crippen LogP contribution in [0.5, 0.6) is 0 Å². The topological polar surface area (TPSA) is 97.3 Å². The third-order valence-electron chi connectivity index (χ3n) is 4.36. The molecule has 0 aromatic heterocycles. The molecule has 8 nitrogen and oxygen atoms in total. The largest absolute Gasteiger partial charge is 0.444 e. The van der Waals surface area contributed by atoms with Crippen molar-refractivity contribution in [1.82, 2.24) is 20.4 Å². The van der Waals surface area contributed by atoms with Crippen LogP contribution >= 0.6 is 0 Å². The lowest BCUT2D eigenvalue weighted by Crippen LogP contribution is -2.46. The van der Waals surface area contributed by atoms with Crippen LogP contribution in [0.25, 0.3) is 0 Å². The van der Waals surface area contributed by atoms with E-state index >= 15 is 0 Å². The Morgan fingerprint density at radius 1 is 1.19 bits per heavy atom. The van der Waals surface area contributed by atoms with Gasteiger partial charge in [0.25, 0.3) is 0 Å². The highest BCUT2D eigenvalue weighted by Gasteiger charge is 2.18. The fraction of sp³-hybridized carbons (Fsp3) is 0.944. The minimum atomic E-state index is -0.501. The molecule has 0 aromatic carbocycles. The van der Waals surface area contributed by atoms with Gasteiger partial charge < -0.3 is 30.5 Å². The molecule has 0 saturated carbocycles. The molecule has 1 heterocycles. The fourth-order valence-electron chi connectivity index (χ4n) is 2.98. The summed E-state index contributed by atoms with van der Waals surface area (Å²) in [4.78, 5) is 16.2. The molecule has 8 heteroatoms. The van der Waals surface area contributed by atoms with E-state index in [0.29, 0.717) is 13.1 Å². The minimum Gasteiger partial charge on any atom is -0.444 e. The maximum absolute atomic E-state index is 11.7. The van der Waals surface area contributed by atoms with Gasteiger partial charge in [0.15, 0.2) is 0 Å². The van der Waals surface area contributed by atoms with E-state index in [2.05, 4.69) is 20.4 Å². The Hall–Kier alpha value is -0.930. The highest BCUT2D eigenvalue weighted by Crippen LogP contribution is 2.07. The third kappa shape index (κ3) is 10.3. The number of piperazine rings is 1. The number of hydrogen-bond acceptors (Lipinski definition) is 7. The number of aliphatic hydroxyl groups excluding tert-OH is 2. The number of alkyl carbamates (subject to hydrolysis) is 1. The Balaban J connectivity index is 2.30. The zero-order valence-corrected chi connectivity index (χ0v) is 16.7. The van der Waals surface area contributed by atoms with Gasteiger partial charge in [-0.05, 0) is 46.7 Å². The summed E-state index contributed by atoms with van der Waals surface area (Å²) in [7, 11) is 0. The number of nitrogens with zero attached hydrogens (tertiary/aromatic N) is 2. The lowest BCUT2D eigenvalue weighted by molar-refractivity contribution is 0.0511. The van der Waals surface area contributed by atoms with Crippen LogP contribution in [0.2, 0.25) is 0 Å². The van der Waals surface area contributed by atoms with Crippen molar-refractivity contribution in [3.63, 3.8) is 0 Å². The van der Waals surface area contributed by atoms with Crippen LogP contribution in [0, 0.1) is 0 Å². The summed E-state index contributed by atoms with van der Waals surface area (Å²) < 4.78 is 5.21. The van der Waals surface area contributed by atoms with Crippen molar-refractivity contribution in [3.8, 4) is 0 Å². The van der Waals surface area contributed by atoms with E-state index in [-0.39, 0.29) is 19.3 Å². The second-order valence-corrected chi connectivity index (χ2v) is 7.78. The van der Waals surface area contributed by atoms with Gasteiger partial charge in [-0.15, -0.1) is 0 Å². The van der Waals surface area contributed by atoms with Gasteiger partial charge in [0.2, 0.25) is 0 Å². The van der Waals surface area contributed by atoms with Crippen molar-refractivity contribution in [3.05, 3.63) is 0 Å².